The van der Waals surface area contributed by atoms with Crippen molar-refractivity contribution in [1.82, 2.24) is 0 Å². The molecule has 1 aliphatic rings. The molecule has 0 aliphatic carbocycles. The van der Waals surface area contributed by atoms with Crippen LogP contribution in [0.3, 0.4) is 0 Å². The Balaban J connectivity index is 1.60. The van der Waals surface area contributed by atoms with Crippen LogP contribution < -0.4 is 4.74 Å². The first-order valence-electron chi connectivity index (χ1n) is 8.05. The maximum Gasteiger partial charge on any atom is 0.310 e. The lowest BCUT2D eigenvalue weighted by atomic mass is 9.82. The lowest BCUT2D eigenvalue weighted by molar-refractivity contribution is -0.152. The molecular weight excluding hydrogens is 343 g/mol. The lowest BCUT2D eigenvalue weighted by Crippen LogP contribution is -2.39. The molecule has 0 radical (unpaired) electrons. The van der Waals surface area contributed by atoms with E-state index in [2.05, 4.69) is 0 Å². The van der Waals surface area contributed by atoms with Gasteiger partial charge in [0.1, 0.15) is 17.3 Å². The van der Waals surface area contributed by atoms with E-state index in [4.69, 9.17) is 9.47 Å². The minimum atomic E-state index is -0.750. The zero-order valence-corrected chi connectivity index (χ0v) is 14.4. The fourth-order valence-electron chi connectivity index (χ4n) is 2.65. The number of carboxylic acids is 1. The van der Waals surface area contributed by atoms with Gasteiger partial charge in [-0.2, -0.15) is 0 Å². The first-order chi connectivity index (χ1) is 12.1. The van der Waals surface area contributed by atoms with E-state index < -0.39 is 11.4 Å². The minimum absolute atomic E-state index is 0.306. The molecule has 4 nitrogen and oxygen atoms in total. The van der Waals surface area contributed by atoms with Gasteiger partial charge in [0.05, 0.1) is 5.41 Å². The molecule has 132 valence electrons. The zero-order chi connectivity index (χ0) is 17.7. The van der Waals surface area contributed by atoms with Gasteiger partial charge in [0.15, 0.2) is 0 Å². The van der Waals surface area contributed by atoms with E-state index in [1.54, 1.807) is 12.1 Å². The number of ether oxygens (including phenoxy) is 2. The van der Waals surface area contributed by atoms with Gasteiger partial charge in [0.2, 0.25) is 0 Å². The van der Waals surface area contributed by atoms with Crippen molar-refractivity contribution in [2.75, 3.05) is 19.0 Å². The number of benzene rings is 2. The molecule has 3 rings (SSSR count). The average molecular weight is 362 g/mol. The molecule has 1 aliphatic heterocycles. The summed E-state index contributed by atoms with van der Waals surface area (Å²) >= 11 is 1.53. The molecule has 2 aromatic carbocycles. The van der Waals surface area contributed by atoms with Crippen molar-refractivity contribution in [3.8, 4) is 11.5 Å². The Morgan fingerprint density at radius 1 is 1.08 bits per heavy atom. The van der Waals surface area contributed by atoms with E-state index in [-0.39, 0.29) is 5.82 Å². The SMILES string of the molecule is O=C(O)C1(CSc2ccc(Oc3ccc(F)cc3)cc2)CCOCC1. The molecule has 0 saturated carbocycles. The molecule has 0 spiro atoms. The second kappa shape index (κ2) is 7.89. The highest BCUT2D eigenvalue weighted by Crippen LogP contribution is 2.37. The van der Waals surface area contributed by atoms with Crippen molar-refractivity contribution in [3.05, 3.63) is 54.3 Å². The number of halogens is 1. The summed E-state index contributed by atoms with van der Waals surface area (Å²) in [5.74, 6) is 0.673. The number of carboxylic acid groups (broad SMARTS) is 1. The molecule has 1 N–H and O–H groups in total. The minimum Gasteiger partial charge on any atom is -0.481 e. The first-order valence-corrected chi connectivity index (χ1v) is 9.03. The van der Waals surface area contributed by atoms with Crippen LogP contribution in [-0.4, -0.2) is 30.0 Å². The van der Waals surface area contributed by atoms with Gasteiger partial charge in [-0.05, 0) is 61.4 Å². The Labute approximate surface area is 150 Å². The molecule has 6 heteroatoms. The molecule has 0 bridgehead atoms. The van der Waals surface area contributed by atoms with Crippen LogP contribution in [0.5, 0.6) is 11.5 Å². The highest BCUT2D eigenvalue weighted by atomic mass is 32.2. The second-order valence-corrected chi connectivity index (χ2v) is 7.06. The highest BCUT2D eigenvalue weighted by Gasteiger charge is 2.40. The van der Waals surface area contributed by atoms with Crippen LogP contribution in [0.4, 0.5) is 4.39 Å². The summed E-state index contributed by atoms with van der Waals surface area (Å²) in [5.41, 5.74) is -0.716. The van der Waals surface area contributed by atoms with E-state index in [1.807, 2.05) is 24.3 Å². The predicted molar refractivity (Wildman–Crippen MR) is 93.8 cm³/mol. The van der Waals surface area contributed by atoms with Gasteiger partial charge >= 0.3 is 5.97 Å². The summed E-state index contributed by atoms with van der Waals surface area (Å²) < 4.78 is 23.8. The zero-order valence-electron chi connectivity index (χ0n) is 13.6. The number of thioether (sulfide) groups is 1. The third-order valence-corrected chi connectivity index (χ3v) is 5.59. The summed E-state index contributed by atoms with van der Waals surface area (Å²) in [6.07, 6.45) is 1.09. The smallest absolute Gasteiger partial charge is 0.310 e. The number of carbonyl (C=O) groups is 1. The summed E-state index contributed by atoms with van der Waals surface area (Å²) in [6, 6.07) is 13.3. The number of hydrogen-bond donors (Lipinski definition) is 1. The summed E-state index contributed by atoms with van der Waals surface area (Å²) in [5, 5.41) is 9.58. The van der Waals surface area contributed by atoms with Gasteiger partial charge in [-0.15, -0.1) is 11.8 Å². The average Bonchev–Trinajstić information content (AvgIpc) is 2.64. The monoisotopic (exact) mass is 362 g/mol. The molecule has 0 aromatic heterocycles. The second-order valence-electron chi connectivity index (χ2n) is 6.01. The van der Waals surface area contributed by atoms with Gasteiger partial charge in [0, 0.05) is 23.9 Å². The van der Waals surface area contributed by atoms with E-state index in [0.29, 0.717) is 43.3 Å². The number of aliphatic carboxylic acids is 1. The Hall–Kier alpha value is -2.05. The van der Waals surface area contributed by atoms with Crippen LogP contribution in [0.15, 0.2) is 53.4 Å². The van der Waals surface area contributed by atoms with Gasteiger partial charge < -0.3 is 14.6 Å². The molecule has 1 heterocycles. The lowest BCUT2D eigenvalue weighted by Gasteiger charge is -2.32. The standard InChI is InChI=1S/C19H19FO4S/c20-14-1-3-15(4-2-14)24-16-5-7-17(8-6-16)25-13-19(18(21)22)9-11-23-12-10-19/h1-8H,9-13H2,(H,21,22). The number of hydrogen-bond acceptors (Lipinski definition) is 4. The fourth-order valence-corrected chi connectivity index (χ4v) is 3.83. The Morgan fingerprint density at radius 2 is 1.64 bits per heavy atom. The van der Waals surface area contributed by atoms with Crippen LogP contribution >= 0.6 is 11.8 Å². The maximum atomic E-state index is 12.9. The third kappa shape index (κ3) is 4.52. The van der Waals surface area contributed by atoms with Gasteiger partial charge in [0.25, 0.3) is 0 Å². The molecule has 1 fully saturated rings. The van der Waals surface area contributed by atoms with Gasteiger partial charge in [-0.3, -0.25) is 4.79 Å². The molecule has 25 heavy (non-hydrogen) atoms. The van der Waals surface area contributed by atoms with Crippen molar-refractivity contribution < 1.29 is 23.8 Å². The van der Waals surface area contributed by atoms with Crippen LogP contribution in [-0.2, 0) is 9.53 Å². The van der Waals surface area contributed by atoms with Crippen LogP contribution in [0.2, 0.25) is 0 Å². The molecule has 2 aromatic rings. The van der Waals surface area contributed by atoms with Gasteiger partial charge in [-0.1, -0.05) is 0 Å². The molecule has 1 saturated heterocycles. The van der Waals surface area contributed by atoms with Crippen molar-refractivity contribution in [2.45, 2.75) is 17.7 Å². The third-order valence-electron chi connectivity index (χ3n) is 4.29. The molecule has 0 amide bonds. The van der Waals surface area contributed by atoms with E-state index in [0.717, 1.165) is 4.90 Å². The first kappa shape index (κ1) is 17.8. The van der Waals surface area contributed by atoms with Crippen LogP contribution in [0.1, 0.15) is 12.8 Å². The fraction of sp³-hybridized carbons (Fsp3) is 0.316. The Kier molecular flexibility index (Phi) is 5.60. The molecule has 0 unspecified atom stereocenters. The van der Waals surface area contributed by atoms with E-state index in [1.165, 1.54) is 23.9 Å². The van der Waals surface area contributed by atoms with Crippen molar-refractivity contribution in [2.24, 2.45) is 5.41 Å². The van der Waals surface area contributed by atoms with Crippen molar-refractivity contribution in [3.63, 3.8) is 0 Å². The van der Waals surface area contributed by atoms with E-state index >= 15 is 0 Å². The van der Waals surface area contributed by atoms with E-state index in [9.17, 15) is 14.3 Å². The maximum absolute atomic E-state index is 12.9. The van der Waals surface area contributed by atoms with Crippen molar-refractivity contribution >= 4 is 17.7 Å². The molecular formula is C19H19FO4S. The van der Waals surface area contributed by atoms with Crippen LogP contribution in [0, 0.1) is 11.2 Å². The Morgan fingerprint density at radius 3 is 2.20 bits per heavy atom. The largest absolute Gasteiger partial charge is 0.481 e. The topological polar surface area (TPSA) is 55.8 Å². The summed E-state index contributed by atoms with van der Waals surface area (Å²) in [7, 11) is 0. The highest BCUT2D eigenvalue weighted by molar-refractivity contribution is 7.99. The Bertz CT molecular complexity index is 709. The van der Waals surface area contributed by atoms with Crippen LogP contribution in [0.25, 0.3) is 0 Å². The predicted octanol–water partition coefficient (Wildman–Crippen LogP) is 4.59. The van der Waals surface area contributed by atoms with Gasteiger partial charge in [-0.25, -0.2) is 4.39 Å². The molecule has 0 atom stereocenters. The van der Waals surface area contributed by atoms with Crippen molar-refractivity contribution in [1.29, 1.82) is 0 Å². The quantitative estimate of drug-likeness (QED) is 0.762. The summed E-state index contributed by atoms with van der Waals surface area (Å²) in [4.78, 5) is 12.6. The normalized spacial score (nSPS) is 16.4. The number of rotatable bonds is 6. The summed E-state index contributed by atoms with van der Waals surface area (Å²) in [6.45, 7) is 0.995.